The van der Waals surface area contributed by atoms with Gasteiger partial charge in [-0.1, -0.05) is 19.4 Å². The standard InChI is InChI=1S/C21H28N2O4S/c1-5-6-17(4)22-21(24)14-27-19-9-11-20(12-10-19)28(25,26)23-18-8-7-15(2)16(3)13-18/h7-13,17,23H,5-6,14H2,1-4H3,(H,22,24). The van der Waals surface area contributed by atoms with Crippen molar-refractivity contribution in [2.75, 3.05) is 11.3 Å². The van der Waals surface area contributed by atoms with Gasteiger partial charge in [-0.3, -0.25) is 9.52 Å². The Kier molecular flexibility index (Phi) is 7.45. The van der Waals surface area contributed by atoms with Crippen molar-refractivity contribution in [3.8, 4) is 5.75 Å². The highest BCUT2D eigenvalue weighted by atomic mass is 32.2. The van der Waals surface area contributed by atoms with Crippen molar-refractivity contribution in [2.45, 2.75) is 51.5 Å². The number of rotatable bonds is 9. The summed E-state index contributed by atoms with van der Waals surface area (Å²) in [7, 11) is -3.70. The molecule has 2 aromatic carbocycles. The van der Waals surface area contributed by atoms with Gasteiger partial charge < -0.3 is 10.1 Å². The highest BCUT2D eigenvalue weighted by molar-refractivity contribution is 7.92. The molecule has 2 N–H and O–H groups in total. The zero-order valence-electron chi connectivity index (χ0n) is 16.8. The van der Waals surface area contributed by atoms with Gasteiger partial charge in [0.15, 0.2) is 6.61 Å². The number of sulfonamides is 1. The molecule has 1 unspecified atom stereocenters. The van der Waals surface area contributed by atoms with E-state index in [0.29, 0.717) is 11.4 Å². The van der Waals surface area contributed by atoms with Gasteiger partial charge >= 0.3 is 0 Å². The lowest BCUT2D eigenvalue weighted by Crippen LogP contribution is -2.35. The molecule has 0 aliphatic rings. The first kappa shape index (κ1) is 21.8. The van der Waals surface area contributed by atoms with E-state index < -0.39 is 10.0 Å². The molecule has 7 heteroatoms. The average molecular weight is 405 g/mol. The van der Waals surface area contributed by atoms with E-state index in [9.17, 15) is 13.2 Å². The zero-order valence-corrected chi connectivity index (χ0v) is 17.6. The molecule has 0 fully saturated rings. The van der Waals surface area contributed by atoms with Crippen molar-refractivity contribution in [1.29, 1.82) is 0 Å². The fourth-order valence-electron chi connectivity index (χ4n) is 2.70. The van der Waals surface area contributed by atoms with E-state index in [0.717, 1.165) is 24.0 Å². The summed E-state index contributed by atoms with van der Waals surface area (Å²) in [4.78, 5) is 12.0. The minimum atomic E-state index is -3.70. The van der Waals surface area contributed by atoms with Crippen LogP contribution in [0.2, 0.25) is 0 Å². The van der Waals surface area contributed by atoms with Crippen molar-refractivity contribution in [3.05, 3.63) is 53.6 Å². The molecule has 0 aromatic heterocycles. The molecule has 0 aliphatic heterocycles. The number of nitrogens with one attached hydrogen (secondary N) is 2. The van der Waals surface area contributed by atoms with Gasteiger partial charge in [0.25, 0.3) is 15.9 Å². The first-order valence-corrected chi connectivity index (χ1v) is 10.8. The summed E-state index contributed by atoms with van der Waals surface area (Å²) in [5.41, 5.74) is 2.62. The number of carbonyl (C=O) groups is 1. The van der Waals surface area contributed by atoms with Gasteiger partial charge in [-0.2, -0.15) is 0 Å². The summed E-state index contributed by atoms with van der Waals surface area (Å²) in [5, 5.41) is 2.85. The SMILES string of the molecule is CCCC(C)NC(=O)COc1ccc(S(=O)(=O)Nc2ccc(C)c(C)c2)cc1. The number of amides is 1. The van der Waals surface area contributed by atoms with Gasteiger partial charge in [-0.15, -0.1) is 0 Å². The Morgan fingerprint density at radius 3 is 2.36 bits per heavy atom. The van der Waals surface area contributed by atoms with Crippen LogP contribution < -0.4 is 14.8 Å². The summed E-state index contributed by atoms with van der Waals surface area (Å²) in [5.74, 6) is 0.234. The Balaban J connectivity index is 1.97. The third-order valence-corrected chi connectivity index (χ3v) is 5.79. The molecule has 1 atom stereocenters. The number of anilines is 1. The van der Waals surface area contributed by atoms with Gasteiger partial charge in [-0.25, -0.2) is 8.42 Å². The molecule has 0 heterocycles. The molecule has 28 heavy (non-hydrogen) atoms. The Hall–Kier alpha value is -2.54. The maximum atomic E-state index is 12.5. The third-order valence-electron chi connectivity index (χ3n) is 4.39. The number of benzene rings is 2. The van der Waals surface area contributed by atoms with Crippen molar-refractivity contribution in [3.63, 3.8) is 0 Å². The molecule has 152 valence electrons. The van der Waals surface area contributed by atoms with E-state index in [1.807, 2.05) is 26.8 Å². The maximum Gasteiger partial charge on any atom is 0.261 e. The van der Waals surface area contributed by atoms with Gasteiger partial charge in [0, 0.05) is 11.7 Å². The van der Waals surface area contributed by atoms with Crippen LogP contribution in [0, 0.1) is 13.8 Å². The monoisotopic (exact) mass is 404 g/mol. The van der Waals surface area contributed by atoms with Gasteiger partial charge in [0.2, 0.25) is 0 Å². The lowest BCUT2D eigenvalue weighted by atomic mass is 10.1. The van der Waals surface area contributed by atoms with Crippen LogP contribution in [0.4, 0.5) is 5.69 Å². The first-order chi connectivity index (χ1) is 13.2. The lowest BCUT2D eigenvalue weighted by Gasteiger charge is -2.13. The van der Waals surface area contributed by atoms with Gasteiger partial charge in [-0.05, 0) is 74.7 Å². The number of ether oxygens (including phenoxy) is 1. The molecule has 0 saturated heterocycles. The molecule has 6 nitrogen and oxygen atoms in total. The van der Waals surface area contributed by atoms with Crippen molar-refractivity contribution in [1.82, 2.24) is 5.32 Å². The van der Waals surface area contributed by atoms with E-state index in [4.69, 9.17) is 4.74 Å². The predicted molar refractivity (Wildman–Crippen MR) is 111 cm³/mol. The van der Waals surface area contributed by atoms with E-state index >= 15 is 0 Å². The second kappa shape index (κ2) is 9.59. The minimum absolute atomic E-state index is 0.102. The van der Waals surface area contributed by atoms with Crippen LogP contribution in [0.5, 0.6) is 5.75 Å². The quantitative estimate of drug-likeness (QED) is 0.666. The van der Waals surface area contributed by atoms with Crippen LogP contribution in [-0.2, 0) is 14.8 Å². The van der Waals surface area contributed by atoms with Crippen LogP contribution in [-0.4, -0.2) is 27.0 Å². The van der Waals surface area contributed by atoms with E-state index in [1.54, 1.807) is 12.1 Å². The predicted octanol–water partition coefficient (Wildman–Crippen LogP) is 3.79. The number of hydrogen-bond acceptors (Lipinski definition) is 4. The molecule has 2 aromatic rings. The van der Waals surface area contributed by atoms with E-state index in [-0.39, 0.29) is 23.5 Å². The van der Waals surface area contributed by atoms with Crippen molar-refractivity contribution in [2.24, 2.45) is 0 Å². The first-order valence-electron chi connectivity index (χ1n) is 9.33. The second-order valence-corrected chi connectivity index (χ2v) is 8.60. The number of aryl methyl sites for hydroxylation is 2. The topological polar surface area (TPSA) is 84.5 Å². The molecule has 0 spiro atoms. The van der Waals surface area contributed by atoms with Crippen LogP contribution in [0.1, 0.15) is 37.8 Å². The smallest absolute Gasteiger partial charge is 0.261 e. The third kappa shape index (κ3) is 6.27. The summed E-state index contributed by atoms with van der Waals surface area (Å²) < 4.78 is 33.1. The van der Waals surface area contributed by atoms with E-state index in [2.05, 4.69) is 17.0 Å². The molecule has 0 bridgehead atoms. The van der Waals surface area contributed by atoms with Gasteiger partial charge in [0.1, 0.15) is 5.75 Å². The van der Waals surface area contributed by atoms with Crippen molar-refractivity contribution >= 4 is 21.6 Å². The number of hydrogen-bond donors (Lipinski definition) is 2. The highest BCUT2D eigenvalue weighted by Crippen LogP contribution is 2.21. The van der Waals surface area contributed by atoms with Crippen LogP contribution in [0.25, 0.3) is 0 Å². The highest BCUT2D eigenvalue weighted by Gasteiger charge is 2.15. The minimum Gasteiger partial charge on any atom is -0.484 e. The summed E-state index contributed by atoms with van der Waals surface area (Å²) in [6.07, 6.45) is 1.90. The normalized spacial score (nSPS) is 12.3. The summed E-state index contributed by atoms with van der Waals surface area (Å²) in [6.45, 7) is 7.80. The molecule has 0 aliphatic carbocycles. The Bertz CT molecular complexity index is 909. The van der Waals surface area contributed by atoms with Gasteiger partial charge in [0.05, 0.1) is 4.90 Å². The van der Waals surface area contributed by atoms with E-state index in [1.165, 1.54) is 24.3 Å². The van der Waals surface area contributed by atoms with Crippen LogP contribution in [0.3, 0.4) is 0 Å². The molecule has 1 amide bonds. The number of carbonyl (C=O) groups excluding carboxylic acids is 1. The molecular formula is C21H28N2O4S. The van der Waals surface area contributed by atoms with Crippen LogP contribution >= 0.6 is 0 Å². The molecule has 0 saturated carbocycles. The fraction of sp³-hybridized carbons (Fsp3) is 0.381. The average Bonchev–Trinajstić information content (AvgIpc) is 2.63. The molecule has 0 radical (unpaired) electrons. The second-order valence-electron chi connectivity index (χ2n) is 6.92. The molecule has 2 rings (SSSR count). The Morgan fingerprint density at radius 2 is 1.75 bits per heavy atom. The lowest BCUT2D eigenvalue weighted by molar-refractivity contribution is -0.123. The van der Waals surface area contributed by atoms with Crippen LogP contribution in [0.15, 0.2) is 47.4 Å². The van der Waals surface area contributed by atoms with Crippen molar-refractivity contribution < 1.29 is 17.9 Å². The summed E-state index contributed by atoms with van der Waals surface area (Å²) >= 11 is 0. The Labute approximate surface area is 167 Å². The Morgan fingerprint density at radius 1 is 1.07 bits per heavy atom. The molecular weight excluding hydrogens is 376 g/mol. The summed E-state index contributed by atoms with van der Waals surface area (Å²) in [6, 6.07) is 11.5. The maximum absolute atomic E-state index is 12.5. The zero-order chi connectivity index (χ0) is 20.7. The largest absolute Gasteiger partial charge is 0.484 e. The fourth-order valence-corrected chi connectivity index (χ4v) is 3.75.